The Kier molecular flexibility index (Phi) is 9.25. The molecule has 41 heavy (non-hydrogen) atoms. The van der Waals surface area contributed by atoms with Crippen LogP contribution >= 0.6 is 11.6 Å². The minimum absolute atomic E-state index is 0.0479. The number of benzene rings is 2. The van der Waals surface area contributed by atoms with Gasteiger partial charge in [-0.2, -0.15) is 0 Å². The SMILES string of the molecule is Cc1cc(Cl)cnc1C(=O)N1CCC[C@H](C(=O)Nc2cccc(C(C)(C)C)c2)[C@@H]1c1ccc(CCC(C)(C)O)cc1. The summed E-state index contributed by atoms with van der Waals surface area (Å²) in [5.74, 6) is -0.756. The van der Waals surface area contributed by atoms with Crippen molar-refractivity contribution in [1.82, 2.24) is 9.88 Å². The molecule has 1 aliphatic rings. The summed E-state index contributed by atoms with van der Waals surface area (Å²) in [6.07, 6.45) is 4.23. The molecule has 2 heterocycles. The molecule has 0 spiro atoms. The Morgan fingerprint density at radius 1 is 1.07 bits per heavy atom. The van der Waals surface area contributed by atoms with Crippen LogP contribution in [-0.4, -0.2) is 39.0 Å². The molecule has 0 unspecified atom stereocenters. The molecule has 0 aliphatic carbocycles. The number of halogens is 1. The van der Waals surface area contributed by atoms with Crippen LogP contribution < -0.4 is 5.32 Å². The first-order valence-corrected chi connectivity index (χ1v) is 14.8. The highest BCUT2D eigenvalue weighted by Crippen LogP contribution is 2.38. The highest BCUT2D eigenvalue weighted by molar-refractivity contribution is 6.30. The Morgan fingerprint density at radius 2 is 1.78 bits per heavy atom. The van der Waals surface area contributed by atoms with Gasteiger partial charge in [0.2, 0.25) is 5.91 Å². The van der Waals surface area contributed by atoms with E-state index in [4.69, 9.17) is 11.6 Å². The third kappa shape index (κ3) is 7.75. The molecule has 1 aliphatic heterocycles. The van der Waals surface area contributed by atoms with Gasteiger partial charge in [-0.15, -0.1) is 0 Å². The van der Waals surface area contributed by atoms with E-state index in [1.54, 1.807) is 24.8 Å². The summed E-state index contributed by atoms with van der Waals surface area (Å²) in [6.45, 7) is 12.4. The van der Waals surface area contributed by atoms with Crippen molar-refractivity contribution in [3.8, 4) is 0 Å². The second kappa shape index (κ2) is 12.3. The van der Waals surface area contributed by atoms with E-state index in [9.17, 15) is 14.7 Å². The highest BCUT2D eigenvalue weighted by Gasteiger charge is 2.40. The molecule has 2 amide bonds. The Hall–Kier alpha value is -3.22. The first kappa shape index (κ1) is 30.7. The summed E-state index contributed by atoms with van der Waals surface area (Å²) < 4.78 is 0. The Labute approximate surface area is 249 Å². The first-order valence-electron chi connectivity index (χ1n) is 14.4. The third-order valence-electron chi connectivity index (χ3n) is 7.82. The van der Waals surface area contributed by atoms with Gasteiger partial charge in [-0.3, -0.25) is 9.59 Å². The molecular weight excluding hydrogens is 534 g/mol. The number of nitrogens with zero attached hydrogens (tertiary/aromatic N) is 2. The Bertz CT molecular complexity index is 1390. The number of aromatic nitrogens is 1. The van der Waals surface area contributed by atoms with E-state index in [0.717, 1.165) is 28.8 Å². The molecule has 0 bridgehead atoms. The van der Waals surface area contributed by atoms with Crippen molar-refractivity contribution < 1.29 is 14.7 Å². The predicted molar refractivity (Wildman–Crippen MR) is 165 cm³/mol. The summed E-state index contributed by atoms with van der Waals surface area (Å²) in [4.78, 5) is 34.0. The fourth-order valence-electron chi connectivity index (χ4n) is 5.44. The fourth-order valence-corrected chi connectivity index (χ4v) is 5.65. The average molecular weight is 576 g/mol. The average Bonchev–Trinajstić information content (AvgIpc) is 2.91. The molecule has 3 aromatic rings. The van der Waals surface area contributed by atoms with E-state index in [1.807, 2.05) is 49.4 Å². The normalized spacial score (nSPS) is 17.8. The van der Waals surface area contributed by atoms with Crippen LogP contribution in [0.1, 0.15) is 92.7 Å². The van der Waals surface area contributed by atoms with Crippen molar-refractivity contribution in [2.45, 2.75) is 84.3 Å². The van der Waals surface area contributed by atoms with E-state index in [1.165, 1.54) is 6.20 Å². The summed E-state index contributed by atoms with van der Waals surface area (Å²) in [6, 6.07) is 17.3. The molecule has 0 saturated carbocycles. The molecule has 4 rings (SSSR count). The van der Waals surface area contributed by atoms with Gasteiger partial charge in [0, 0.05) is 18.4 Å². The Morgan fingerprint density at radius 3 is 2.41 bits per heavy atom. The lowest BCUT2D eigenvalue weighted by molar-refractivity contribution is -0.123. The number of piperidine rings is 1. The summed E-state index contributed by atoms with van der Waals surface area (Å²) in [5, 5.41) is 13.8. The standard InChI is InChI=1S/C34H42ClN3O3/c1-22-19-26(35)21-36-29(22)32(40)38-18-8-11-28(31(39)37-27-10-7-9-25(20-27)33(2,3)4)30(38)24-14-12-23(13-15-24)16-17-34(5,6)41/h7,9-10,12-15,19-21,28,30,41H,8,11,16-18H2,1-6H3,(H,37,39)/t28-,30-/m0/s1. The van der Waals surface area contributed by atoms with Gasteiger partial charge in [0.25, 0.3) is 5.91 Å². The maximum atomic E-state index is 13.9. The lowest BCUT2D eigenvalue weighted by Crippen LogP contribution is -2.46. The van der Waals surface area contributed by atoms with E-state index in [2.05, 4.69) is 37.1 Å². The molecule has 6 nitrogen and oxygen atoms in total. The van der Waals surface area contributed by atoms with Gasteiger partial charge in [0.05, 0.1) is 22.6 Å². The molecule has 1 fully saturated rings. The molecule has 2 aromatic carbocycles. The molecule has 2 N–H and O–H groups in total. The van der Waals surface area contributed by atoms with Gasteiger partial charge in [0.1, 0.15) is 5.69 Å². The number of carbonyl (C=O) groups is 2. The third-order valence-corrected chi connectivity index (χ3v) is 8.03. The Balaban J connectivity index is 1.68. The van der Waals surface area contributed by atoms with E-state index >= 15 is 0 Å². The number of aliphatic hydroxyl groups is 1. The van der Waals surface area contributed by atoms with Crippen molar-refractivity contribution in [3.63, 3.8) is 0 Å². The van der Waals surface area contributed by atoms with E-state index in [-0.39, 0.29) is 17.2 Å². The van der Waals surface area contributed by atoms with Crippen LogP contribution in [0.25, 0.3) is 0 Å². The number of hydrogen-bond acceptors (Lipinski definition) is 4. The summed E-state index contributed by atoms with van der Waals surface area (Å²) in [7, 11) is 0. The topological polar surface area (TPSA) is 82.5 Å². The van der Waals surface area contributed by atoms with Gasteiger partial charge < -0.3 is 15.3 Å². The van der Waals surface area contributed by atoms with Crippen LogP contribution in [0, 0.1) is 12.8 Å². The zero-order chi connectivity index (χ0) is 29.9. The number of likely N-dealkylation sites (tertiary alicyclic amines) is 1. The van der Waals surface area contributed by atoms with Gasteiger partial charge >= 0.3 is 0 Å². The molecule has 1 aromatic heterocycles. The van der Waals surface area contributed by atoms with E-state index < -0.39 is 17.6 Å². The summed E-state index contributed by atoms with van der Waals surface area (Å²) >= 11 is 6.13. The number of pyridine rings is 1. The molecule has 2 atom stereocenters. The van der Waals surface area contributed by atoms with Gasteiger partial charge in [-0.1, -0.05) is 68.8 Å². The van der Waals surface area contributed by atoms with Crippen LogP contribution in [0.3, 0.4) is 0 Å². The first-order chi connectivity index (χ1) is 19.2. The number of rotatable bonds is 7. The lowest BCUT2D eigenvalue weighted by Gasteiger charge is -2.41. The number of nitrogens with one attached hydrogen (secondary N) is 1. The van der Waals surface area contributed by atoms with Crippen LogP contribution in [0.2, 0.25) is 5.02 Å². The smallest absolute Gasteiger partial charge is 0.273 e. The minimum atomic E-state index is -0.748. The number of hydrogen-bond donors (Lipinski definition) is 2. The number of carbonyl (C=O) groups excluding carboxylic acids is 2. The molecule has 1 saturated heterocycles. The second-order valence-electron chi connectivity index (χ2n) is 12.9. The van der Waals surface area contributed by atoms with Crippen molar-refractivity contribution in [3.05, 3.63) is 93.8 Å². The monoisotopic (exact) mass is 575 g/mol. The zero-order valence-electron chi connectivity index (χ0n) is 25.0. The number of aryl methyl sites for hydroxylation is 2. The van der Waals surface area contributed by atoms with Gasteiger partial charge in [-0.25, -0.2) is 4.98 Å². The molecule has 0 radical (unpaired) electrons. The quantitative estimate of drug-likeness (QED) is 0.310. The van der Waals surface area contributed by atoms with E-state index in [0.29, 0.717) is 42.1 Å². The van der Waals surface area contributed by atoms with Crippen LogP contribution in [0.15, 0.2) is 60.8 Å². The maximum absolute atomic E-state index is 13.9. The zero-order valence-corrected chi connectivity index (χ0v) is 25.8. The molecular formula is C34H42ClN3O3. The second-order valence-corrected chi connectivity index (χ2v) is 13.3. The van der Waals surface area contributed by atoms with Crippen molar-refractivity contribution in [1.29, 1.82) is 0 Å². The largest absolute Gasteiger partial charge is 0.390 e. The molecule has 218 valence electrons. The molecule has 7 heteroatoms. The number of amides is 2. The van der Waals surface area contributed by atoms with Crippen LogP contribution in [0.5, 0.6) is 0 Å². The lowest BCUT2D eigenvalue weighted by atomic mass is 9.83. The van der Waals surface area contributed by atoms with Gasteiger partial charge in [0.15, 0.2) is 0 Å². The van der Waals surface area contributed by atoms with Crippen molar-refractivity contribution in [2.24, 2.45) is 5.92 Å². The van der Waals surface area contributed by atoms with Crippen molar-refractivity contribution >= 4 is 29.1 Å². The maximum Gasteiger partial charge on any atom is 0.273 e. The highest BCUT2D eigenvalue weighted by atomic mass is 35.5. The van der Waals surface area contributed by atoms with Crippen molar-refractivity contribution in [2.75, 3.05) is 11.9 Å². The minimum Gasteiger partial charge on any atom is -0.390 e. The summed E-state index contributed by atoms with van der Waals surface area (Å²) in [5.41, 5.74) is 4.14. The predicted octanol–water partition coefficient (Wildman–Crippen LogP) is 7.28. The number of anilines is 1. The van der Waals surface area contributed by atoms with Gasteiger partial charge in [-0.05, 0) is 92.3 Å². The fraction of sp³-hybridized carbons (Fsp3) is 0.441. The van der Waals surface area contributed by atoms with Crippen LogP contribution in [-0.2, 0) is 16.6 Å². The van der Waals surface area contributed by atoms with Crippen LogP contribution in [0.4, 0.5) is 5.69 Å².